The van der Waals surface area contributed by atoms with Gasteiger partial charge in [0.05, 0.1) is 5.69 Å². The standard InChI is InChI=1S/C16H22N4O/c1-12-3-4-14-18-13(7-15(21)20(14)8-12)9-19-6-5-16(2,10-17)11-19/h3-4,7-8H,5-6,9-11,17H2,1-2H3. The molecule has 1 aliphatic heterocycles. The van der Waals surface area contributed by atoms with Crippen LogP contribution in [0.1, 0.15) is 24.6 Å². The van der Waals surface area contributed by atoms with Gasteiger partial charge in [-0.15, -0.1) is 0 Å². The SMILES string of the molecule is Cc1ccc2nc(CN3CCC(C)(CN)C3)cc(=O)n2c1. The van der Waals surface area contributed by atoms with Gasteiger partial charge in [-0.25, -0.2) is 4.98 Å². The van der Waals surface area contributed by atoms with Crippen LogP contribution in [-0.2, 0) is 6.54 Å². The first-order valence-electron chi connectivity index (χ1n) is 7.40. The molecule has 0 saturated carbocycles. The summed E-state index contributed by atoms with van der Waals surface area (Å²) >= 11 is 0. The van der Waals surface area contributed by atoms with Crippen molar-refractivity contribution in [3.05, 3.63) is 46.0 Å². The minimum atomic E-state index is -0.0144. The third kappa shape index (κ3) is 2.84. The second kappa shape index (κ2) is 5.24. The summed E-state index contributed by atoms with van der Waals surface area (Å²) in [5.41, 5.74) is 8.63. The third-order valence-corrected chi connectivity index (χ3v) is 4.38. The molecule has 2 aromatic rings. The quantitative estimate of drug-likeness (QED) is 0.920. The van der Waals surface area contributed by atoms with E-state index in [2.05, 4.69) is 16.8 Å². The fourth-order valence-corrected chi connectivity index (χ4v) is 3.00. The van der Waals surface area contributed by atoms with Crippen LogP contribution in [0, 0.1) is 12.3 Å². The van der Waals surface area contributed by atoms with Crippen molar-refractivity contribution >= 4 is 5.65 Å². The van der Waals surface area contributed by atoms with E-state index in [0.29, 0.717) is 12.2 Å². The molecular formula is C16H22N4O. The Morgan fingerprint density at radius 2 is 2.24 bits per heavy atom. The summed E-state index contributed by atoms with van der Waals surface area (Å²) < 4.78 is 1.60. The summed E-state index contributed by atoms with van der Waals surface area (Å²) in [6, 6.07) is 5.52. The van der Waals surface area contributed by atoms with E-state index in [1.54, 1.807) is 10.5 Å². The molecular weight excluding hydrogens is 264 g/mol. The molecule has 1 saturated heterocycles. The Balaban J connectivity index is 1.86. The lowest BCUT2D eigenvalue weighted by molar-refractivity contribution is 0.272. The number of hydrogen-bond acceptors (Lipinski definition) is 4. The molecule has 21 heavy (non-hydrogen) atoms. The highest BCUT2D eigenvalue weighted by Crippen LogP contribution is 2.29. The van der Waals surface area contributed by atoms with Crippen LogP contribution in [-0.4, -0.2) is 33.9 Å². The van der Waals surface area contributed by atoms with Crippen molar-refractivity contribution in [3.63, 3.8) is 0 Å². The van der Waals surface area contributed by atoms with Crippen LogP contribution in [0.15, 0.2) is 29.2 Å². The van der Waals surface area contributed by atoms with E-state index in [4.69, 9.17) is 5.73 Å². The maximum absolute atomic E-state index is 12.2. The summed E-state index contributed by atoms with van der Waals surface area (Å²) in [4.78, 5) is 19.1. The molecule has 0 radical (unpaired) electrons. The maximum atomic E-state index is 12.2. The Kier molecular flexibility index (Phi) is 3.55. The molecule has 1 fully saturated rings. The highest BCUT2D eigenvalue weighted by Gasteiger charge is 2.32. The van der Waals surface area contributed by atoms with Gasteiger partial charge in [0.25, 0.3) is 5.56 Å². The number of rotatable bonds is 3. The van der Waals surface area contributed by atoms with Crippen LogP contribution in [0.3, 0.4) is 0 Å². The average molecular weight is 286 g/mol. The third-order valence-electron chi connectivity index (χ3n) is 4.38. The summed E-state index contributed by atoms with van der Waals surface area (Å²) in [5, 5.41) is 0. The largest absolute Gasteiger partial charge is 0.330 e. The van der Waals surface area contributed by atoms with Gasteiger partial charge in [-0.2, -0.15) is 0 Å². The van der Waals surface area contributed by atoms with E-state index in [9.17, 15) is 4.79 Å². The number of fused-ring (bicyclic) bond motifs is 1. The number of nitrogens with two attached hydrogens (primary N) is 1. The predicted octanol–water partition coefficient (Wildman–Crippen LogP) is 1.17. The molecule has 0 spiro atoms. The monoisotopic (exact) mass is 286 g/mol. The first-order chi connectivity index (χ1) is 9.99. The Morgan fingerprint density at radius 3 is 2.95 bits per heavy atom. The van der Waals surface area contributed by atoms with Gasteiger partial charge in [-0.05, 0) is 43.5 Å². The highest BCUT2D eigenvalue weighted by molar-refractivity contribution is 5.39. The topological polar surface area (TPSA) is 63.6 Å². The Morgan fingerprint density at radius 1 is 1.43 bits per heavy atom. The van der Waals surface area contributed by atoms with Gasteiger partial charge in [0.15, 0.2) is 0 Å². The van der Waals surface area contributed by atoms with E-state index in [0.717, 1.165) is 37.3 Å². The van der Waals surface area contributed by atoms with Gasteiger partial charge in [0.1, 0.15) is 5.65 Å². The van der Waals surface area contributed by atoms with E-state index >= 15 is 0 Å². The number of pyridine rings is 1. The van der Waals surface area contributed by atoms with Gasteiger partial charge in [-0.3, -0.25) is 14.1 Å². The fraction of sp³-hybridized carbons (Fsp3) is 0.500. The van der Waals surface area contributed by atoms with E-state index < -0.39 is 0 Å². The molecule has 3 rings (SSSR count). The normalized spacial score (nSPS) is 23.0. The molecule has 0 amide bonds. The fourth-order valence-electron chi connectivity index (χ4n) is 3.00. The first kappa shape index (κ1) is 14.2. The Labute approximate surface area is 124 Å². The van der Waals surface area contributed by atoms with Crippen LogP contribution in [0.4, 0.5) is 0 Å². The van der Waals surface area contributed by atoms with Gasteiger partial charge >= 0.3 is 0 Å². The molecule has 5 heteroatoms. The lowest BCUT2D eigenvalue weighted by atomic mass is 9.90. The van der Waals surface area contributed by atoms with Crippen LogP contribution in [0.5, 0.6) is 0 Å². The second-order valence-corrected chi connectivity index (χ2v) is 6.50. The molecule has 1 aliphatic rings. The number of nitrogens with zero attached hydrogens (tertiary/aromatic N) is 3. The number of aromatic nitrogens is 2. The van der Waals surface area contributed by atoms with Gasteiger partial charge < -0.3 is 5.73 Å². The number of hydrogen-bond donors (Lipinski definition) is 1. The minimum Gasteiger partial charge on any atom is -0.330 e. The number of likely N-dealkylation sites (tertiary alicyclic amines) is 1. The predicted molar refractivity (Wildman–Crippen MR) is 83.3 cm³/mol. The van der Waals surface area contributed by atoms with Crippen molar-refractivity contribution in [3.8, 4) is 0 Å². The van der Waals surface area contributed by atoms with Crippen molar-refractivity contribution in [2.45, 2.75) is 26.8 Å². The summed E-state index contributed by atoms with van der Waals surface area (Å²) in [7, 11) is 0. The zero-order chi connectivity index (χ0) is 15.0. The molecule has 5 nitrogen and oxygen atoms in total. The molecule has 112 valence electrons. The maximum Gasteiger partial charge on any atom is 0.258 e. The van der Waals surface area contributed by atoms with Crippen LogP contribution < -0.4 is 11.3 Å². The lowest BCUT2D eigenvalue weighted by Crippen LogP contribution is -2.31. The Hall–Kier alpha value is -1.72. The van der Waals surface area contributed by atoms with Gasteiger partial charge in [0.2, 0.25) is 0 Å². The zero-order valence-electron chi connectivity index (χ0n) is 12.7. The summed E-state index contributed by atoms with van der Waals surface area (Å²) in [5.74, 6) is 0. The highest BCUT2D eigenvalue weighted by atomic mass is 16.1. The van der Waals surface area contributed by atoms with Gasteiger partial charge in [-0.1, -0.05) is 13.0 Å². The summed E-state index contributed by atoms with van der Waals surface area (Å²) in [6.07, 6.45) is 2.94. The molecule has 1 unspecified atom stereocenters. The van der Waals surface area contributed by atoms with Crippen molar-refractivity contribution in [2.75, 3.05) is 19.6 Å². The van der Waals surface area contributed by atoms with Crippen LogP contribution in [0.2, 0.25) is 0 Å². The Bertz CT molecular complexity index is 724. The lowest BCUT2D eigenvalue weighted by Gasteiger charge is -2.22. The smallest absolute Gasteiger partial charge is 0.258 e. The van der Waals surface area contributed by atoms with Gasteiger partial charge in [0, 0.05) is 25.4 Å². The molecule has 0 bridgehead atoms. The average Bonchev–Trinajstić information content (AvgIpc) is 2.82. The molecule has 1 atom stereocenters. The molecule has 0 aromatic carbocycles. The molecule has 3 heterocycles. The first-order valence-corrected chi connectivity index (χ1v) is 7.40. The van der Waals surface area contributed by atoms with Crippen molar-refractivity contribution < 1.29 is 0 Å². The zero-order valence-corrected chi connectivity index (χ0v) is 12.7. The van der Waals surface area contributed by atoms with E-state index in [1.165, 1.54) is 0 Å². The van der Waals surface area contributed by atoms with Crippen molar-refractivity contribution in [1.29, 1.82) is 0 Å². The minimum absolute atomic E-state index is 0.0144. The van der Waals surface area contributed by atoms with Crippen LogP contribution in [0.25, 0.3) is 5.65 Å². The molecule has 0 aliphatic carbocycles. The number of aryl methyl sites for hydroxylation is 1. The van der Waals surface area contributed by atoms with E-state index in [1.807, 2.05) is 25.3 Å². The molecule has 2 aromatic heterocycles. The van der Waals surface area contributed by atoms with E-state index in [-0.39, 0.29) is 11.0 Å². The second-order valence-electron chi connectivity index (χ2n) is 6.50. The molecule has 2 N–H and O–H groups in total. The summed E-state index contributed by atoms with van der Waals surface area (Å²) in [6.45, 7) is 7.60. The van der Waals surface area contributed by atoms with Crippen LogP contribution >= 0.6 is 0 Å². The van der Waals surface area contributed by atoms with Crippen molar-refractivity contribution in [1.82, 2.24) is 14.3 Å². The van der Waals surface area contributed by atoms with Crippen molar-refractivity contribution in [2.24, 2.45) is 11.1 Å².